The molecule has 1 aromatic carbocycles. The molecule has 102 valence electrons. The number of hydrogen-bond donors (Lipinski definition) is 0. The first-order valence-electron chi connectivity index (χ1n) is 6.14. The summed E-state index contributed by atoms with van der Waals surface area (Å²) in [6, 6.07) is 6.20. The van der Waals surface area contributed by atoms with Crippen molar-refractivity contribution < 1.29 is 18.0 Å². The summed E-state index contributed by atoms with van der Waals surface area (Å²) in [4.78, 5) is 0. The van der Waals surface area contributed by atoms with E-state index >= 15 is 0 Å². The summed E-state index contributed by atoms with van der Waals surface area (Å²) in [5.74, 6) is -0.279. The molecule has 0 amide bonds. The van der Waals surface area contributed by atoms with E-state index in [0.29, 0.717) is 19.4 Å². The molecule has 1 aromatic rings. The molecule has 0 heterocycles. The van der Waals surface area contributed by atoms with Crippen molar-refractivity contribution in [3.63, 3.8) is 0 Å². The SMILES string of the molecule is CCOP(=O)(C[C@H](C)c1ccc(F)cc1)OCC. The fourth-order valence-electron chi connectivity index (χ4n) is 1.77. The van der Waals surface area contributed by atoms with Crippen molar-refractivity contribution >= 4 is 7.60 Å². The van der Waals surface area contributed by atoms with Crippen LogP contribution in [0.2, 0.25) is 0 Å². The van der Waals surface area contributed by atoms with Gasteiger partial charge in [0.15, 0.2) is 0 Å². The Balaban J connectivity index is 2.74. The smallest absolute Gasteiger partial charge is 0.309 e. The molecule has 18 heavy (non-hydrogen) atoms. The summed E-state index contributed by atoms with van der Waals surface area (Å²) in [7, 11) is -3.05. The summed E-state index contributed by atoms with van der Waals surface area (Å²) in [6.45, 7) is 6.21. The zero-order valence-electron chi connectivity index (χ0n) is 11.1. The van der Waals surface area contributed by atoms with Crippen molar-refractivity contribution in [1.29, 1.82) is 0 Å². The first-order chi connectivity index (χ1) is 8.50. The highest BCUT2D eigenvalue weighted by molar-refractivity contribution is 7.53. The molecule has 0 unspecified atom stereocenters. The van der Waals surface area contributed by atoms with Gasteiger partial charge in [0.25, 0.3) is 0 Å². The first-order valence-corrected chi connectivity index (χ1v) is 7.87. The zero-order chi connectivity index (χ0) is 13.6. The molecule has 0 aromatic heterocycles. The molecule has 0 fully saturated rings. The van der Waals surface area contributed by atoms with Gasteiger partial charge >= 0.3 is 7.60 Å². The van der Waals surface area contributed by atoms with Gasteiger partial charge in [0.2, 0.25) is 0 Å². The number of hydrogen-bond acceptors (Lipinski definition) is 3. The van der Waals surface area contributed by atoms with Crippen LogP contribution < -0.4 is 0 Å². The van der Waals surface area contributed by atoms with Gasteiger partial charge in [0.1, 0.15) is 5.82 Å². The van der Waals surface area contributed by atoms with Crippen molar-refractivity contribution in [2.45, 2.75) is 26.7 Å². The molecule has 0 aliphatic heterocycles. The normalized spacial score (nSPS) is 13.6. The monoisotopic (exact) mass is 274 g/mol. The second-order valence-electron chi connectivity index (χ2n) is 4.08. The maximum absolute atomic E-state index is 12.8. The topological polar surface area (TPSA) is 35.5 Å². The van der Waals surface area contributed by atoms with Gasteiger partial charge in [-0.05, 0) is 37.5 Å². The van der Waals surface area contributed by atoms with Crippen LogP contribution in [0.1, 0.15) is 32.3 Å². The van der Waals surface area contributed by atoms with Crippen LogP contribution in [-0.4, -0.2) is 19.4 Å². The predicted molar refractivity (Wildman–Crippen MR) is 70.5 cm³/mol. The molecule has 0 saturated heterocycles. The van der Waals surface area contributed by atoms with E-state index in [-0.39, 0.29) is 11.7 Å². The average molecular weight is 274 g/mol. The van der Waals surface area contributed by atoms with Gasteiger partial charge in [-0.25, -0.2) is 4.39 Å². The molecule has 0 saturated carbocycles. The van der Waals surface area contributed by atoms with E-state index in [1.807, 2.05) is 6.92 Å². The molecule has 0 radical (unpaired) electrons. The largest absolute Gasteiger partial charge is 0.331 e. The van der Waals surface area contributed by atoms with Gasteiger partial charge < -0.3 is 9.05 Å². The van der Waals surface area contributed by atoms with Gasteiger partial charge in [-0.15, -0.1) is 0 Å². The van der Waals surface area contributed by atoms with Crippen molar-refractivity contribution in [2.24, 2.45) is 0 Å². The van der Waals surface area contributed by atoms with Crippen LogP contribution in [-0.2, 0) is 13.6 Å². The quantitative estimate of drug-likeness (QED) is 0.699. The van der Waals surface area contributed by atoms with E-state index in [4.69, 9.17) is 9.05 Å². The number of rotatable bonds is 7. The molecule has 5 heteroatoms. The van der Waals surface area contributed by atoms with Crippen molar-refractivity contribution in [2.75, 3.05) is 19.4 Å². The molecular weight excluding hydrogens is 254 g/mol. The minimum atomic E-state index is -3.05. The molecule has 0 spiro atoms. The molecule has 0 aliphatic carbocycles. The van der Waals surface area contributed by atoms with Gasteiger partial charge in [0.05, 0.1) is 19.4 Å². The summed E-state index contributed by atoms with van der Waals surface area (Å²) in [5, 5.41) is 0. The fourth-order valence-corrected chi connectivity index (χ4v) is 3.72. The molecule has 1 atom stereocenters. The van der Waals surface area contributed by atoms with Crippen LogP contribution in [0.3, 0.4) is 0 Å². The van der Waals surface area contributed by atoms with Crippen molar-refractivity contribution in [3.8, 4) is 0 Å². The van der Waals surface area contributed by atoms with E-state index < -0.39 is 7.60 Å². The van der Waals surface area contributed by atoms with Gasteiger partial charge in [-0.2, -0.15) is 0 Å². The molecule has 0 bridgehead atoms. The van der Waals surface area contributed by atoms with Gasteiger partial charge in [0, 0.05) is 0 Å². The average Bonchev–Trinajstić information content (AvgIpc) is 2.30. The summed E-state index contributed by atoms with van der Waals surface area (Å²) in [6.07, 6.45) is 0.306. The third-order valence-corrected chi connectivity index (χ3v) is 4.89. The lowest BCUT2D eigenvalue weighted by Gasteiger charge is -2.20. The van der Waals surface area contributed by atoms with Crippen molar-refractivity contribution in [3.05, 3.63) is 35.6 Å². The molecule has 0 N–H and O–H groups in total. The predicted octanol–water partition coefficient (Wildman–Crippen LogP) is 4.20. The summed E-state index contributed by atoms with van der Waals surface area (Å²) >= 11 is 0. The Labute approximate surface area is 108 Å². The Morgan fingerprint density at radius 1 is 1.17 bits per heavy atom. The second-order valence-corrected chi connectivity index (χ2v) is 6.18. The van der Waals surface area contributed by atoms with Crippen LogP contribution >= 0.6 is 7.60 Å². The lowest BCUT2D eigenvalue weighted by molar-refractivity contribution is 0.219. The van der Waals surface area contributed by atoms with E-state index in [9.17, 15) is 8.96 Å². The third kappa shape index (κ3) is 4.52. The third-order valence-electron chi connectivity index (χ3n) is 2.59. The standard InChI is InChI=1S/C13H20FO3P/c1-4-16-18(15,17-5-2)10-11(3)12-6-8-13(14)9-7-12/h6-9,11H,4-5,10H2,1-3H3/t11-/m0/s1. The molecule has 0 aliphatic rings. The lowest BCUT2D eigenvalue weighted by Crippen LogP contribution is -2.06. The van der Waals surface area contributed by atoms with Crippen LogP contribution in [0.25, 0.3) is 0 Å². The Bertz CT molecular complexity index is 395. The summed E-state index contributed by atoms with van der Waals surface area (Å²) in [5.41, 5.74) is 0.927. The lowest BCUT2D eigenvalue weighted by atomic mass is 10.0. The Morgan fingerprint density at radius 2 is 1.67 bits per heavy atom. The summed E-state index contributed by atoms with van der Waals surface area (Å²) < 4.78 is 35.7. The fraction of sp³-hybridized carbons (Fsp3) is 0.538. The number of benzene rings is 1. The maximum atomic E-state index is 12.8. The highest BCUT2D eigenvalue weighted by Crippen LogP contribution is 2.51. The molecule has 1 rings (SSSR count). The van der Waals surface area contributed by atoms with Crippen LogP contribution in [0.5, 0.6) is 0 Å². The minimum absolute atomic E-state index is 0.00506. The van der Waals surface area contributed by atoms with Gasteiger partial charge in [-0.1, -0.05) is 19.1 Å². The molecule has 3 nitrogen and oxygen atoms in total. The van der Waals surface area contributed by atoms with Crippen LogP contribution in [0, 0.1) is 5.82 Å². The van der Waals surface area contributed by atoms with E-state index in [0.717, 1.165) is 5.56 Å². The van der Waals surface area contributed by atoms with E-state index in [2.05, 4.69) is 0 Å². The molecular formula is C13H20FO3P. The van der Waals surface area contributed by atoms with E-state index in [1.54, 1.807) is 26.0 Å². The zero-order valence-corrected chi connectivity index (χ0v) is 12.0. The first kappa shape index (κ1) is 15.4. The Kier molecular flexibility index (Phi) is 6.00. The van der Waals surface area contributed by atoms with Crippen molar-refractivity contribution in [1.82, 2.24) is 0 Å². The van der Waals surface area contributed by atoms with E-state index in [1.165, 1.54) is 12.1 Å². The van der Waals surface area contributed by atoms with Gasteiger partial charge in [-0.3, -0.25) is 4.57 Å². The number of halogens is 1. The maximum Gasteiger partial charge on any atom is 0.331 e. The second kappa shape index (κ2) is 7.03. The highest BCUT2D eigenvalue weighted by atomic mass is 31.2. The Hall–Kier alpha value is -0.700. The van der Waals surface area contributed by atoms with Crippen LogP contribution in [0.4, 0.5) is 4.39 Å². The Morgan fingerprint density at radius 3 is 2.11 bits per heavy atom. The minimum Gasteiger partial charge on any atom is -0.309 e. The highest BCUT2D eigenvalue weighted by Gasteiger charge is 2.27. The van der Waals surface area contributed by atoms with Crippen LogP contribution in [0.15, 0.2) is 24.3 Å².